The van der Waals surface area contributed by atoms with Crippen LogP contribution in [0.5, 0.6) is 0 Å². The van der Waals surface area contributed by atoms with E-state index in [-0.39, 0.29) is 38.6 Å². The molecule has 0 atom stereocenters. The Labute approximate surface area is 201 Å². The molecule has 3 aromatic rings. The van der Waals surface area contributed by atoms with Crippen LogP contribution in [0, 0.1) is 0 Å². The molecule has 33 heavy (non-hydrogen) atoms. The number of nitrogens with zero attached hydrogens (tertiary/aromatic N) is 4. The van der Waals surface area contributed by atoms with Crippen LogP contribution in [0.15, 0.2) is 52.7 Å². The number of nitrogens with one attached hydrogen (secondary N) is 1. The number of benzene rings is 1. The first-order valence-corrected chi connectivity index (χ1v) is 11.1. The number of anilines is 1. The molecule has 0 saturated heterocycles. The minimum Gasteiger partial charge on any atom is -0.462 e. The highest BCUT2D eigenvalue weighted by Gasteiger charge is 2.28. The first-order chi connectivity index (χ1) is 15.7. The van der Waals surface area contributed by atoms with Crippen LogP contribution in [0.2, 0.25) is 10.0 Å². The van der Waals surface area contributed by atoms with Crippen molar-refractivity contribution in [3.05, 3.63) is 58.5 Å². The number of hydrogen-bond donors (Lipinski definition) is 1. The van der Waals surface area contributed by atoms with Crippen LogP contribution in [-0.4, -0.2) is 45.6 Å². The van der Waals surface area contributed by atoms with Gasteiger partial charge in [-0.05, 0) is 31.2 Å². The number of halogens is 5. The van der Waals surface area contributed by atoms with Crippen molar-refractivity contribution in [1.82, 2.24) is 14.8 Å². The van der Waals surface area contributed by atoms with E-state index in [0.717, 1.165) is 0 Å². The molecule has 13 heteroatoms. The molecule has 0 aliphatic rings. The Morgan fingerprint density at radius 3 is 2.79 bits per heavy atom. The summed E-state index contributed by atoms with van der Waals surface area (Å²) in [5.41, 5.74) is 0.991. The quantitative estimate of drug-likeness (QED) is 0.166. The van der Waals surface area contributed by atoms with E-state index in [0.29, 0.717) is 17.4 Å². The van der Waals surface area contributed by atoms with Crippen molar-refractivity contribution in [2.75, 3.05) is 17.7 Å². The number of hydrogen-bond acceptors (Lipinski definition) is 6. The van der Waals surface area contributed by atoms with Gasteiger partial charge in [-0.2, -0.15) is 13.2 Å². The second kappa shape index (κ2) is 10.9. The fourth-order valence-corrected chi connectivity index (χ4v) is 3.83. The van der Waals surface area contributed by atoms with Gasteiger partial charge >= 0.3 is 12.1 Å². The van der Waals surface area contributed by atoms with Gasteiger partial charge in [0.25, 0.3) is 0 Å². The van der Waals surface area contributed by atoms with E-state index in [1.165, 1.54) is 29.3 Å². The van der Waals surface area contributed by atoms with Crippen molar-refractivity contribution in [2.24, 2.45) is 4.99 Å². The standard InChI is InChI=1S/C20H16Cl2F3N5O2S/c1-2-32-19(31)13-9-30(12-4-3-5-26-8-12)29-18(13)28-11-27-16-7-17(15(22)6-14(16)21)33-10-20(23,24)25/h3-9,11H,2,10H2,1H3,(H,27,28,29). The lowest BCUT2D eigenvalue weighted by atomic mass is 10.3. The zero-order valence-electron chi connectivity index (χ0n) is 16.9. The highest BCUT2D eigenvalue weighted by atomic mass is 35.5. The summed E-state index contributed by atoms with van der Waals surface area (Å²) in [6, 6.07) is 6.17. The van der Waals surface area contributed by atoms with Gasteiger partial charge in [0.2, 0.25) is 0 Å². The molecule has 0 aliphatic heterocycles. The maximum atomic E-state index is 12.5. The molecule has 2 aromatic heterocycles. The van der Waals surface area contributed by atoms with E-state index >= 15 is 0 Å². The molecule has 0 aliphatic carbocycles. The Morgan fingerprint density at radius 1 is 1.33 bits per heavy atom. The monoisotopic (exact) mass is 517 g/mol. The van der Waals surface area contributed by atoms with Crippen LogP contribution in [0.25, 0.3) is 5.69 Å². The molecule has 0 bridgehead atoms. The Morgan fingerprint density at radius 2 is 2.12 bits per heavy atom. The summed E-state index contributed by atoms with van der Waals surface area (Å²) in [4.78, 5) is 20.7. The average molecular weight is 518 g/mol. The number of aromatic nitrogens is 3. The summed E-state index contributed by atoms with van der Waals surface area (Å²) in [7, 11) is 0. The number of ether oxygens (including phenoxy) is 1. The maximum absolute atomic E-state index is 12.5. The molecule has 174 valence electrons. The van der Waals surface area contributed by atoms with Crippen molar-refractivity contribution in [3.8, 4) is 5.69 Å². The van der Waals surface area contributed by atoms with Gasteiger partial charge in [-0.3, -0.25) is 4.98 Å². The van der Waals surface area contributed by atoms with E-state index in [2.05, 4.69) is 20.4 Å². The number of rotatable bonds is 8. The van der Waals surface area contributed by atoms with Gasteiger partial charge in [0.15, 0.2) is 5.82 Å². The molecule has 1 N–H and O–H groups in total. The van der Waals surface area contributed by atoms with Gasteiger partial charge in [-0.25, -0.2) is 14.5 Å². The summed E-state index contributed by atoms with van der Waals surface area (Å²) in [5, 5.41) is 7.33. The van der Waals surface area contributed by atoms with Crippen LogP contribution < -0.4 is 5.32 Å². The molecule has 7 nitrogen and oxygen atoms in total. The number of carbonyl (C=O) groups is 1. The zero-order valence-corrected chi connectivity index (χ0v) is 19.3. The van der Waals surface area contributed by atoms with E-state index in [1.54, 1.807) is 31.5 Å². The number of pyridine rings is 1. The Hall–Kier alpha value is -2.76. The van der Waals surface area contributed by atoms with E-state index < -0.39 is 17.9 Å². The molecule has 0 radical (unpaired) electrons. The van der Waals surface area contributed by atoms with Crippen molar-refractivity contribution in [3.63, 3.8) is 0 Å². The normalized spacial score (nSPS) is 11.7. The van der Waals surface area contributed by atoms with Crippen molar-refractivity contribution < 1.29 is 22.7 Å². The molecular weight excluding hydrogens is 502 g/mol. The topological polar surface area (TPSA) is 81.4 Å². The van der Waals surface area contributed by atoms with Crippen molar-refractivity contribution >= 4 is 58.8 Å². The third-order valence-corrected chi connectivity index (χ3v) is 5.78. The SMILES string of the molecule is CCOC(=O)c1cn(-c2cccnc2)nc1N=CNc1cc(SCC(F)(F)F)c(Cl)cc1Cl. The summed E-state index contributed by atoms with van der Waals surface area (Å²) in [6.45, 7) is 1.84. The number of thioether (sulfide) groups is 1. The number of aliphatic imine (C=N–C) groups is 1. The summed E-state index contributed by atoms with van der Waals surface area (Å²) < 4.78 is 44.1. The Bertz CT molecular complexity index is 1160. The van der Waals surface area contributed by atoms with E-state index in [9.17, 15) is 18.0 Å². The lowest BCUT2D eigenvalue weighted by molar-refractivity contribution is -0.105. The number of alkyl halides is 3. The van der Waals surface area contributed by atoms with E-state index in [1.807, 2.05) is 0 Å². The first-order valence-electron chi connectivity index (χ1n) is 9.32. The highest BCUT2D eigenvalue weighted by molar-refractivity contribution is 7.99. The van der Waals surface area contributed by atoms with Gasteiger partial charge in [0.05, 0.1) is 46.3 Å². The minimum absolute atomic E-state index is 0.0570. The summed E-state index contributed by atoms with van der Waals surface area (Å²) in [5.74, 6) is -1.66. The second-order valence-corrected chi connectivity index (χ2v) is 8.14. The largest absolute Gasteiger partial charge is 0.462 e. The van der Waals surface area contributed by atoms with Crippen molar-refractivity contribution in [1.29, 1.82) is 0 Å². The van der Waals surface area contributed by atoms with Gasteiger partial charge in [0.1, 0.15) is 5.56 Å². The zero-order chi connectivity index (χ0) is 24.0. The Kier molecular flexibility index (Phi) is 8.22. The third-order valence-electron chi connectivity index (χ3n) is 3.92. The van der Waals surface area contributed by atoms with Crippen LogP contribution in [0.3, 0.4) is 0 Å². The van der Waals surface area contributed by atoms with Gasteiger partial charge < -0.3 is 10.1 Å². The van der Waals surface area contributed by atoms with Crippen LogP contribution in [0.4, 0.5) is 24.7 Å². The average Bonchev–Trinajstić information content (AvgIpc) is 3.19. The molecule has 0 spiro atoms. The number of esters is 1. The third kappa shape index (κ3) is 6.86. The fraction of sp³-hybridized carbons (Fsp3) is 0.200. The molecule has 2 heterocycles. The molecule has 3 rings (SSSR count). The molecule has 0 unspecified atom stereocenters. The Balaban J connectivity index is 1.84. The van der Waals surface area contributed by atoms with E-state index in [4.69, 9.17) is 27.9 Å². The van der Waals surface area contributed by atoms with Crippen molar-refractivity contribution in [2.45, 2.75) is 18.0 Å². The molecular formula is C20H16Cl2F3N5O2S. The van der Waals surface area contributed by atoms with Crippen LogP contribution >= 0.6 is 35.0 Å². The molecule has 0 saturated carbocycles. The second-order valence-electron chi connectivity index (χ2n) is 6.31. The van der Waals surface area contributed by atoms with Crippen LogP contribution in [-0.2, 0) is 4.74 Å². The lowest BCUT2D eigenvalue weighted by Gasteiger charge is -2.11. The van der Waals surface area contributed by atoms with Gasteiger partial charge in [-0.1, -0.05) is 23.2 Å². The lowest BCUT2D eigenvalue weighted by Crippen LogP contribution is -2.10. The molecule has 0 amide bonds. The summed E-state index contributed by atoms with van der Waals surface area (Å²) in [6.07, 6.45) is 1.48. The maximum Gasteiger partial charge on any atom is 0.398 e. The predicted molar refractivity (Wildman–Crippen MR) is 122 cm³/mol. The first kappa shape index (κ1) is 24.9. The molecule has 0 fully saturated rings. The van der Waals surface area contributed by atoms with Crippen LogP contribution in [0.1, 0.15) is 17.3 Å². The predicted octanol–water partition coefficient (Wildman–Crippen LogP) is 6.18. The highest BCUT2D eigenvalue weighted by Crippen LogP contribution is 2.37. The van der Waals surface area contributed by atoms with Gasteiger partial charge in [-0.15, -0.1) is 16.9 Å². The smallest absolute Gasteiger partial charge is 0.398 e. The minimum atomic E-state index is -4.35. The number of carbonyl (C=O) groups excluding carboxylic acids is 1. The van der Waals surface area contributed by atoms with Gasteiger partial charge in [0, 0.05) is 17.3 Å². The fourth-order valence-electron chi connectivity index (χ4n) is 2.51. The summed E-state index contributed by atoms with van der Waals surface area (Å²) >= 11 is 12.7. The molecule has 1 aromatic carbocycles.